The number of fused-ring (bicyclic) bond motifs is 1. The van der Waals surface area contributed by atoms with Crippen LogP contribution in [0.4, 0.5) is 15.2 Å². The number of nitrogens with zero attached hydrogens (tertiary/aromatic N) is 2. The maximum atomic E-state index is 14.4. The van der Waals surface area contributed by atoms with Gasteiger partial charge in [-0.25, -0.2) is 19.2 Å². The van der Waals surface area contributed by atoms with Crippen LogP contribution in [0.25, 0.3) is 22.3 Å². The number of halogens is 1. The number of hydrogen-bond acceptors (Lipinski definition) is 7. The van der Waals surface area contributed by atoms with Crippen LogP contribution in [0, 0.1) is 5.82 Å². The fraction of sp³-hybridized carbons (Fsp3) is 0.0526. The van der Waals surface area contributed by atoms with E-state index in [2.05, 4.69) is 30.6 Å². The van der Waals surface area contributed by atoms with E-state index in [4.69, 9.17) is 0 Å². The second-order valence-electron chi connectivity index (χ2n) is 6.40. The van der Waals surface area contributed by atoms with E-state index in [-0.39, 0.29) is 33.2 Å². The molecule has 31 heavy (non-hydrogen) atoms. The lowest BCUT2D eigenvalue weighted by Gasteiger charge is -2.05. The summed E-state index contributed by atoms with van der Waals surface area (Å²) in [5, 5.41) is 6.88. The molecule has 0 unspecified atom stereocenters. The summed E-state index contributed by atoms with van der Waals surface area (Å²) in [6, 6.07) is 5.49. The fourth-order valence-electron chi connectivity index (χ4n) is 2.80. The Hall–Kier alpha value is -4.19. The number of benzene rings is 1. The zero-order chi connectivity index (χ0) is 22.1. The van der Waals surface area contributed by atoms with Crippen molar-refractivity contribution in [1.29, 1.82) is 0 Å². The van der Waals surface area contributed by atoms with E-state index < -0.39 is 23.0 Å². The lowest BCUT2D eigenvalue weighted by Crippen LogP contribution is -2.23. The minimum Gasteiger partial charge on any atom is -0.326 e. The van der Waals surface area contributed by atoms with Crippen molar-refractivity contribution in [3.63, 3.8) is 0 Å². The van der Waals surface area contributed by atoms with E-state index in [1.807, 2.05) is 0 Å². The summed E-state index contributed by atoms with van der Waals surface area (Å²) in [5.74, 6) is -1.48. The Morgan fingerprint density at radius 1 is 1.13 bits per heavy atom. The van der Waals surface area contributed by atoms with Crippen molar-refractivity contribution >= 4 is 45.0 Å². The topological polar surface area (TPSA) is 150 Å². The molecule has 0 saturated heterocycles. The van der Waals surface area contributed by atoms with Gasteiger partial charge in [0.05, 0.1) is 16.6 Å². The largest absolute Gasteiger partial charge is 0.327 e. The highest BCUT2D eigenvalue weighted by Crippen LogP contribution is 2.29. The zero-order valence-corrected chi connectivity index (χ0v) is 16.6. The molecule has 156 valence electrons. The molecule has 0 bridgehead atoms. The molecule has 0 aliphatic rings. The Morgan fingerprint density at radius 3 is 2.68 bits per heavy atom. The van der Waals surface area contributed by atoms with Crippen molar-refractivity contribution in [1.82, 2.24) is 19.9 Å². The number of anilines is 2. The van der Waals surface area contributed by atoms with Gasteiger partial charge in [-0.2, -0.15) is 0 Å². The van der Waals surface area contributed by atoms with Crippen LogP contribution in [0.15, 0.2) is 45.4 Å². The predicted molar refractivity (Wildman–Crippen MR) is 113 cm³/mol. The van der Waals surface area contributed by atoms with Crippen LogP contribution in [0.3, 0.4) is 0 Å². The highest BCUT2D eigenvalue weighted by molar-refractivity contribution is 7.14. The molecule has 0 spiro atoms. The maximum Gasteiger partial charge on any atom is 0.327 e. The molecule has 0 aliphatic carbocycles. The minimum atomic E-state index is -0.699. The van der Waals surface area contributed by atoms with E-state index in [9.17, 15) is 23.6 Å². The molecule has 0 fully saturated rings. The second kappa shape index (κ2) is 7.91. The quantitative estimate of drug-likeness (QED) is 0.382. The SMILES string of the molecule is CC(=O)Nc1ccc(-c2csc(NC(=O)c3cnc4[nH]c(=O)[nH]c(=O)c4c3)n2)c(F)c1. The van der Waals surface area contributed by atoms with Crippen LogP contribution in [-0.4, -0.2) is 31.8 Å². The van der Waals surface area contributed by atoms with Gasteiger partial charge in [-0.15, -0.1) is 11.3 Å². The number of thiazole rings is 1. The Labute approximate surface area is 176 Å². The Morgan fingerprint density at radius 2 is 1.94 bits per heavy atom. The zero-order valence-electron chi connectivity index (χ0n) is 15.8. The number of pyridine rings is 1. The number of carbonyl (C=O) groups is 2. The smallest absolute Gasteiger partial charge is 0.326 e. The van der Waals surface area contributed by atoms with Gasteiger partial charge in [-0.3, -0.25) is 29.7 Å². The number of aromatic amines is 2. The van der Waals surface area contributed by atoms with Gasteiger partial charge in [0, 0.05) is 29.8 Å². The van der Waals surface area contributed by atoms with Gasteiger partial charge in [-0.05, 0) is 24.3 Å². The third kappa shape index (κ3) is 4.23. The molecule has 1 aromatic carbocycles. The Bertz CT molecular complexity index is 1460. The standard InChI is InChI=1S/C19H13FN6O4S/c1-8(27)22-10-2-3-11(13(20)5-10)14-7-31-19(23-14)26-16(28)9-4-12-15(21-6-9)24-18(30)25-17(12)29/h2-7H,1H3,(H,22,27)(H,23,26,28)(H2,21,24,25,29,30). The number of aromatic nitrogens is 4. The monoisotopic (exact) mass is 440 g/mol. The Kier molecular flexibility index (Phi) is 5.13. The van der Waals surface area contributed by atoms with Crippen LogP contribution < -0.4 is 21.9 Å². The van der Waals surface area contributed by atoms with Gasteiger partial charge in [-0.1, -0.05) is 0 Å². The molecule has 2 amide bonds. The lowest BCUT2D eigenvalue weighted by atomic mass is 10.1. The van der Waals surface area contributed by atoms with Crippen molar-refractivity contribution < 1.29 is 14.0 Å². The van der Waals surface area contributed by atoms with Gasteiger partial charge in [0.1, 0.15) is 11.5 Å². The molecule has 4 N–H and O–H groups in total. The molecule has 0 saturated carbocycles. The van der Waals surface area contributed by atoms with Crippen molar-refractivity contribution in [3.05, 3.63) is 68.1 Å². The van der Waals surface area contributed by atoms with Crippen LogP contribution in [0.2, 0.25) is 0 Å². The fourth-order valence-corrected chi connectivity index (χ4v) is 3.50. The first-order valence-electron chi connectivity index (χ1n) is 8.77. The highest BCUT2D eigenvalue weighted by atomic mass is 32.1. The van der Waals surface area contributed by atoms with Gasteiger partial charge in [0.15, 0.2) is 5.13 Å². The third-order valence-electron chi connectivity index (χ3n) is 4.14. The van der Waals surface area contributed by atoms with Crippen LogP contribution >= 0.6 is 11.3 Å². The molecule has 3 heterocycles. The van der Waals surface area contributed by atoms with Gasteiger partial charge in [0.25, 0.3) is 11.5 Å². The summed E-state index contributed by atoms with van der Waals surface area (Å²) in [7, 11) is 0. The summed E-state index contributed by atoms with van der Waals surface area (Å²) >= 11 is 1.08. The number of carbonyl (C=O) groups excluding carboxylic acids is 2. The average Bonchev–Trinajstić information content (AvgIpc) is 3.15. The number of amides is 2. The molecular weight excluding hydrogens is 427 g/mol. The molecule has 3 aromatic heterocycles. The van der Waals surface area contributed by atoms with Crippen molar-refractivity contribution in [2.45, 2.75) is 6.92 Å². The summed E-state index contributed by atoms with van der Waals surface area (Å²) < 4.78 is 14.4. The average molecular weight is 440 g/mol. The summed E-state index contributed by atoms with van der Waals surface area (Å²) in [6.07, 6.45) is 1.21. The molecule has 4 rings (SSSR count). The van der Waals surface area contributed by atoms with Crippen molar-refractivity contribution in [2.75, 3.05) is 10.6 Å². The molecule has 0 atom stereocenters. The number of nitrogens with one attached hydrogen (secondary N) is 4. The van der Waals surface area contributed by atoms with Gasteiger partial charge >= 0.3 is 5.69 Å². The number of hydrogen-bond donors (Lipinski definition) is 4. The summed E-state index contributed by atoms with van der Waals surface area (Å²) in [4.78, 5) is 59.3. The van der Waals surface area contributed by atoms with Gasteiger partial charge < -0.3 is 5.32 Å². The lowest BCUT2D eigenvalue weighted by molar-refractivity contribution is -0.114. The second-order valence-corrected chi connectivity index (χ2v) is 7.25. The number of H-pyrrole nitrogens is 2. The van der Waals surface area contributed by atoms with Crippen LogP contribution in [-0.2, 0) is 4.79 Å². The van der Waals surface area contributed by atoms with Crippen LogP contribution in [0.1, 0.15) is 17.3 Å². The minimum absolute atomic E-state index is 0.0495. The van der Waals surface area contributed by atoms with Gasteiger partial charge in [0.2, 0.25) is 5.91 Å². The molecule has 10 nitrogen and oxygen atoms in total. The Balaban J connectivity index is 1.56. The molecule has 0 radical (unpaired) electrons. The van der Waals surface area contributed by atoms with E-state index in [1.54, 1.807) is 11.4 Å². The number of rotatable bonds is 4. The predicted octanol–water partition coefficient (Wildman–Crippen LogP) is 2.08. The summed E-state index contributed by atoms with van der Waals surface area (Å²) in [6.45, 7) is 1.32. The first kappa shape index (κ1) is 20.1. The molecule has 4 aromatic rings. The first-order chi connectivity index (χ1) is 14.8. The normalized spacial score (nSPS) is 10.8. The summed E-state index contributed by atoms with van der Waals surface area (Å²) in [5.41, 5.74) is -0.415. The van der Waals surface area contributed by atoms with E-state index in [0.29, 0.717) is 11.4 Å². The van der Waals surface area contributed by atoms with E-state index in [1.165, 1.54) is 31.3 Å². The molecular formula is C19H13FN6O4S. The van der Waals surface area contributed by atoms with Crippen molar-refractivity contribution in [3.8, 4) is 11.3 Å². The first-order valence-corrected chi connectivity index (χ1v) is 9.65. The van der Waals surface area contributed by atoms with E-state index in [0.717, 1.165) is 11.3 Å². The highest BCUT2D eigenvalue weighted by Gasteiger charge is 2.15. The van der Waals surface area contributed by atoms with Crippen LogP contribution in [0.5, 0.6) is 0 Å². The van der Waals surface area contributed by atoms with Crippen molar-refractivity contribution in [2.24, 2.45) is 0 Å². The van der Waals surface area contributed by atoms with E-state index >= 15 is 0 Å². The molecule has 0 aliphatic heterocycles. The maximum absolute atomic E-state index is 14.4. The third-order valence-corrected chi connectivity index (χ3v) is 4.90. The molecule has 12 heteroatoms.